The highest BCUT2D eigenvalue weighted by Crippen LogP contribution is 2.23. The molecule has 0 radical (unpaired) electrons. The second-order valence-corrected chi connectivity index (χ2v) is 5.73. The number of hydrogen-bond donors (Lipinski definition) is 2. The number of carbonyl (C=O) groups is 1. The number of halogens is 5. The molecule has 5 nitrogen and oxygen atoms in total. The summed E-state index contributed by atoms with van der Waals surface area (Å²) >= 11 is 0. The lowest BCUT2D eigenvalue weighted by molar-refractivity contribution is -0.168. The summed E-state index contributed by atoms with van der Waals surface area (Å²) in [7, 11) is 0. The highest BCUT2D eigenvalue weighted by molar-refractivity contribution is 5.91. The Bertz CT molecular complexity index is 572. The third-order valence-corrected chi connectivity index (χ3v) is 3.52. The fourth-order valence-electron chi connectivity index (χ4n) is 2.29. The van der Waals surface area contributed by atoms with Crippen molar-refractivity contribution in [3.8, 4) is 0 Å². The van der Waals surface area contributed by atoms with Crippen molar-refractivity contribution >= 4 is 24.0 Å². The summed E-state index contributed by atoms with van der Waals surface area (Å²) in [6.45, 7) is 0.136. The van der Waals surface area contributed by atoms with Gasteiger partial charge in [0.1, 0.15) is 6.61 Å². The molecule has 1 aliphatic rings. The van der Waals surface area contributed by atoms with E-state index >= 15 is 0 Å². The Labute approximate surface area is 154 Å². The van der Waals surface area contributed by atoms with Crippen LogP contribution in [-0.2, 0) is 20.9 Å². The van der Waals surface area contributed by atoms with Crippen molar-refractivity contribution in [2.45, 2.75) is 31.4 Å². The predicted molar refractivity (Wildman–Crippen MR) is 90.2 cm³/mol. The summed E-state index contributed by atoms with van der Waals surface area (Å²) < 4.78 is 59.6. The van der Waals surface area contributed by atoms with Gasteiger partial charge in [0.2, 0.25) is 5.91 Å². The first-order valence-electron chi connectivity index (χ1n) is 7.80. The standard InChI is InChI=1S/C16H20F4N2O3.ClH/c17-15(18)16(19,20)10-25-8-11-2-1-3-12(6-11)22-14(23)7-13-9-24-5-4-21-13;/h1-3,6,13,15,21H,4-5,7-10H2,(H,22,23);1H. The number of ether oxygens (including phenoxy) is 2. The number of rotatable bonds is 8. The van der Waals surface area contributed by atoms with Gasteiger partial charge in [-0.15, -0.1) is 12.4 Å². The van der Waals surface area contributed by atoms with Crippen LogP contribution >= 0.6 is 12.4 Å². The molecule has 10 heteroatoms. The Hall–Kier alpha value is -1.42. The number of carbonyl (C=O) groups excluding carboxylic acids is 1. The molecule has 0 saturated carbocycles. The van der Waals surface area contributed by atoms with Crippen LogP contribution in [0.4, 0.5) is 23.2 Å². The smallest absolute Gasteiger partial charge is 0.330 e. The van der Waals surface area contributed by atoms with E-state index in [1.165, 1.54) is 0 Å². The lowest BCUT2D eigenvalue weighted by atomic mass is 10.1. The molecule has 2 N–H and O–H groups in total. The quantitative estimate of drug-likeness (QED) is 0.659. The molecule has 1 unspecified atom stereocenters. The molecule has 0 aromatic heterocycles. The second-order valence-electron chi connectivity index (χ2n) is 5.73. The van der Waals surface area contributed by atoms with Crippen LogP contribution in [0.2, 0.25) is 0 Å². The van der Waals surface area contributed by atoms with Crippen LogP contribution in [0.1, 0.15) is 12.0 Å². The average Bonchev–Trinajstić information content (AvgIpc) is 2.55. The summed E-state index contributed by atoms with van der Waals surface area (Å²) in [5, 5.41) is 5.86. The minimum Gasteiger partial charge on any atom is -0.378 e. The minimum absolute atomic E-state index is 0. The van der Waals surface area contributed by atoms with E-state index in [4.69, 9.17) is 4.74 Å². The molecule has 1 heterocycles. The van der Waals surface area contributed by atoms with Crippen molar-refractivity contribution < 1.29 is 31.8 Å². The lowest BCUT2D eigenvalue weighted by Crippen LogP contribution is -2.43. The van der Waals surface area contributed by atoms with Gasteiger partial charge in [0.15, 0.2) is 0 Å². The van der Waals surface area contributed by atoms with Crippen LogP contribution in [0.3, 0.4) is 0 Å². The molecule has 1 fully saturated rings. The summed E-state index contributed by atoms with van der Waals surface area (Å²) in [6, 6.07) is 6.33. The zero-order valence-electron chi connectivity index (χ0n) is 13.9. The van der Waals surface area contributed by atoms with Crippen LogP contribution in [0, 0.1) is 0 Å². The Morgan fingerprint density at radius 2 is 2.19 bits per heavy atom. The maximum Gasteiger partial charge on any atom is 0.330 e. The molecule has 1 saturated heterocycles. The van der Waals surface area contributed by atoms with Crippen LogP contribution in [0.25, 0.3) is 0 Å². The molecule has 148 valence electrons. The van der Waals surface area contributed by atoms with Crippen molar-refractivity contribution in [3.63, 3.8) is 0 Å². The average molecular weight is 401 g/mol. The third-order valence-electron chi connectivity index (χ3n) is 3.52. The molecule has 1 atom stereocenters. The van der Waals surface area contributed by atoms with Crippen molar-refractivity contribution in [2.75, 3.05) is 31.7 Å². The topological polar surface area (TPSA) is 59.6 Å². The molecule has 0 aliphatic carbocycles. The van der Waals surface area contributed by atoms with E-state index in [9.17, 15) is 22.4 Å². The Kier molecular flexibility index (Phi) is 9.28. The van der Waals surface area contributed by atoms with Gasteiger partial charge in [-0.05, 0) is 17.7 Å². The van der Waals surface area contributed by atoms with E-state index in [0.29, 0.717) is 31.0 Å². The number of anilines is 1. The van der Waals surface area contributed by atoms with E-state index in [1.54, 1.807) is 24.3 Å². The summed E-state index contributed by atoms with van der Waals surface area (Å²) in [4.78, 5) is 12.0. The Balaban J connectivity index is 0.00000338. The van der Waals surface area contributed by atoms with Gasteiger partial charge >= 0.3 is 12.3 Å². The third kappa shape index (κ3) is 7.45. The first kappa shape index (κ1) is 22.6. The highest BCUT2D eigenvalue weighted by atomic mass is 35.5. The number of morpholine rings is 1. The van der Waals surface area contributed by atoms with Gasteiger partial charge in [-0.1, -0.05) is 12.1 Å². The normalized spacial score (nSPS) is 17.7. The fraction of sp³-hybridized carbons (Fsp3) is 0.562. The van der Waals surface area contributed by atoms with Gasteiger partial charge in [-0.3, -0.25) is 4.79 Å². The van der Waals surface area contributed by atoms with E-state index < -0.39 is 19.0 Å². The lowest BCUT2D eigenvalue weighted by Gasteiger charge is -2.23. The van der Waals surface area contributed by atoms with E-state index in [0.717, 1.165) is 0 Å². The van der Waals surface area contributed by atoms with Crippen molar-refractivity contribution in [2.24, 2.45) is 0 Å². The van der Waals surface area contributed by atoms with Gasteiger partial charge in [0.05, 0.1) is 19.8 Å². The number of benzene rings is 1. The first-order valence-corrected chi connectivity index (χ1v) is 7.80. The zero-order valence-corrected chi connectivity index (χ0v) is 14.7. The van der Waals surface area contributed by atoms with Crippen LogP contribution in [0.15, 0.2) is 24.3 Å². The second kappa shape index (κ2) is 10.7. The van der Waals surface area contributed by atoms with Crippen LogP contribution in [-0.4, -0.2) is 50.7 Å². The largest absolute Gasteiger partial charge is 0.378 e. The molecule has 0 spiro atoms. The zero-order chi connectivity index (χ0) is 18.3. The van der Waals surface area contributed by atoms with E-state index in [2.05, 4.69) is 15.4 Å². The molecule has 1 aromatic rings. The number of nitrogens with one attached hydrogen (secondary N) is 2. The monoisotopic (exact) mass is 400 g/mol. The molecular weight excluding hydrogens is 380 g/mol. The maximum atomic E-state index is 12.8. The Morgan fingerprint density at radius 3 is 2.85 bits per heavy atom. The summed E-state index contributed by atoms with van der Waals surface area (Å²) in [5.41, 5.74) is 0.963. The van der Waals surface area contributed by atoms with Crippen LogP contribution in [0.5, 0.6) is 0 Å². The molecule has 2 rings (SSSR count). The van der Waals surface area contributed by atoms with Gasteiger partial charge < -0.3 is 20.1 Å². The van der Waals surface area contributed by atoms with Crippen molar-refractivity contribution in [1.82, 2.24) is 5.32 Å². The van der Waals surface area contributed by atoms with E-state index in [1.807, 2.05) is 0 Å². The fourth-order valence-corrected chi connectivity index (χ4v) is 2.29. The van der Waals surface area contributed by atoms with Gasteiger partial charge in [0.25, 0.3) is 0 Å². The minimum atomic E-state index is -4.18. The Morgan fingerprint density at radius 1 is 1.42 bits per heavy atom. The van der Waals surface area contributed by atoms with E-state index in [-0.39, 0.29) is 37.4 Å². The molecule has 1 aliphatic heterocycles. The predicted octanol–water partition coefficient (Wildman–Crippen LogP) is 2.84. The number of hydrogen-bond acceptors (Lipinski definition) is 4. The highest BCUT2D eigenvalue weighted by Gasteiger charge is 2.40. The molecular formula is C16H21ClF4N2O3. The van der Waals surface area contributed by atoms with Gasteiger partial charge in [-0.25, -0.2) is 8.78 Å². The molecule has 1 amide bonds. The SMILES string of the molecule is Cl.O=C(CC1COCCN1)Nc1cccc(COCC(F)(F)C(F)F)c1. The van der Waals surface area contributed by atoms with Crippen molar-refractivity contribution in [1.29, 1.82) is 0 Å². The van der Waals surface area contributed by atoms with Gasteiger partial charge in [0, 0.05) is 24.7 Å². The number of amides is 1. The molecule has 1 aromatic carbocycles. The molecule has 0 bridgehead atoms. The van der Waals surface area contributed by atoms with Gasteiger partial charge in [-0.2, -0.15) is 8.78 Å². The first-order chi connectivity index (χ1) is 11.9. The van der Waals surface area contributed by atoms with Crippen LogP contribution < -0.4 is 10.6 Å². The summed E-state index contributed by atoms with van der Waals surface area (Å²) in [5.74, 6) is -4.40. The summed E-state index contributed by atoms with van der Waals surface area (Å²) in [6.07, 6.45) is -3.53. The van der Waals surface area contributed by atoms with Crippen molar-refractivity contribution in [3.05, 3.63) is 29.8 Å². The number of alkyl halides is 4. The molecule has 26 heavy (non-hydrogen) atoms. The maximum absolute atomic E-state index is 12.8.